The van der Waals surface area contributed by atoms with Gasteiger partial charge in [0.15, 0.2) is 9.84 Å². The third-order valence-electron chi connectivity index (χ3n) is 2.31. The van der Waals surface area contributed by atoms with Crippen molar-refractivity contribution in [1.29, 1.82) is 0 Å². The SMILES string of the molecule is CCS(=O)(=O)[C@@](Cl)(Br)[C@H](O)c1ccccc1F. The van der Waals surface area contributed by atoms with Gasteiger partial charge < -0.3 is 5.11 Å². The number of hydrogen-bond donors (Lipinski definition) is 1. The lowest BCUT2D eigenvalue weighted by Gasteiger charge is -2.26. The molecule has 0 unspecified atom stereocenters. The molecular weight excluding hydrogens is 335 g/mol. The third-order valence-corrected chi connectivity index (χ3v) is 6.95. The number of aliphatic hydroxyl groups excluding tert-OH is 1. The van der Waals surface area contributed by atoms with Crippen molar-refractivity contribution < 1.29 is 17.9 Å². The van der Waals surface area contributed by atoms with Gasteiger partial charge in [0.05, 0.1) is 5.75 Å². The van der Waals surface area contributed by atoms with Crippen LogP contribution in [0.3, 0.4) is 0 Å². The number of rotatable bonds is 4. The van der Waals surface area contributed by atoms with Crippen LogP contribution in [-0.4, -0.2) is 22.4 Å². The molecule has 96 valence electrons. The van der Waals surface area contributed by atoms with Gasteiger partial charge in [-0.05, 0) is 22.0 Å². The van der Waals surface area contributed by atoms with Crippen LogP contribution in [0.4, 0.5) is 4.39 Å². The zero-order valence-electron chi connectivity index (χ0n) is 8.90. The molecule has 1 N–H and O–H groups in total. The normalized spacial score (nSPS) is 17.5. The summed E-state index contributed by atoms with van der Waals surface area (Å²) in [5.74, 6) is -0.983. The molecule has 17 heavy (non-hydrogen) atoms. The molecule has 0 aromatic heterocycles. The van der Waals surface area contributed by atoms with Crippen LogP contribution in [0, 0.1) is 5.82 Å². The van der Waals surface area contributed by atoms with Gasteiger partial charge in [0.2, 0.25) is 3.12 Å². The topological polar surface area (TPSA) is 54.4 Å². The Morgan fingerprint density at radius 3 is 2.53 bits per heavy atom. The zero-order chi connectivity index (χ0) is 13.3. The molecule has 0 saturated heterocycles. The number of hydrogen-bond acceptors (Lipinski definition) is 3. The first-order valence-corrected chi connectivity index (χ1v) is 7.59. The van der Waals surface area contributed by atoms with E-state index in [2.05, 4.69) is 15.9 Å². The second-order valence-electron chi connectivity index (χ2n) is 3.39. The Balaban J connectivity index is 3.23. The summed E-state index contributed by atoms with van der Waals surface area (Å²) < 4.78 is 34.7. The minimum Gasteiger partial charge on any atom is -0.384 e. The Kier molecular flexibility index (Phi) is 4.57. The Hall–Kier alpha value is -0.170. The minimum atomic E-state index is -3.80. The fraction of sp³-hybridized carbons (Fsp3) is 0.400. The van der Waals surface area contributed by atoms with Gasteiger partial charge in [0, 0.05) is 5.56 Å². The summed E-state index contributed by atoms with van der Waals surface area (Å²) >= 11 is 8.56. The second-order valence-corrected chi connectivity index (χ2v) is 8.89. The first kappa shape index (κ1) is 14.9. The predicted molar refractivity (Wildman–Crippen MR) is 68.3 cm³/mol. The largest absolute Gasteiger partial charge is 0.384 e. The lowest BCUT2D eigenvalue weighted by Crippen LogP contribution is -2.34. The van der Waals surface area contributed by atoms with E-state index in [0.29, 0.717) is 0 Å². The molecule has 7 heteroatoms. The lowest BCUT2D eigenvalue weighted by molar-refractivity contribution is 0.180. The summed E-state index contributed by atoms with van der Waals surface area (Å²) in [6, 6.07) is 5.32. The Labute approximate surface area is 113 Å². The molecule has 0 heterocycles. The summed E-state index contributed by atoms with van der Waals surface area (Å²) in [5, 5.41) is 9.90. The summed E-state index contributed by atoms with van der Waals surface area (Å²) in [5.41, 5.74) is -0.170. The number of sulfone groups is 1. The molecule has 0 radical (unpaired) electrons. The molecule has 2 atom stereocenters. The van der Waals surface area contributed by atoms with Crippen molar-refractivity contribution in [2.24, 2.45) is 0 Å². The first-order valence-electron chi connectivity index (χ1n) is 4.76. The van der Waals surface area contributed by atoms with Crippen LogP contribution in [0.1, 0.15) is 18.6 Å². The van der Waals surface area contributed by atoms with Gasteiger partial charge >= 0.3 is 0 Å². The molecule has 0 aliphatic carbocycles. The number of benzene rings is 1. The van der Waals surface area contributed by atoms with Crippen molar-refractivity contribution in [3.05, 3.63) is 35.6 Å². The quantitative estimate of drug-likeness (QED) is 0.853. The summed E-state index contributed by atoms with van der Waals surface area (Å²) in [6.45, 7) is 1.39. The van der Waals surface area contributed by atoms with Crippen molar-refractivity contribution >= 4 is 37.4 Å². The average Bonchev–Trinajstić information content (AvgIpc) is 2.28. The lowest BCUT2D eigenvalue weighted by atomic mass is 10.1. The van der Waals surface area contributed by atoms with Gasteiger partial charge in [0.25, 0.3) is 0 Å². The van der Waals surface area contributed by atoms with E-state index in [-0.39, 0.29) is 11.3 Å². The zero-order valence-corrected chi connectivity index (χ0v) is 12.1. The van der Waals surface area contributed by atoms with E-state index in [1.54, 1.807) is 0 Å². The van der Waals surface area contributed by atoms with Crippen LogP contribution < -0.4 is 0 Å². The molecule has 0 bridgehead atoms. The van der Waals surface area contributed by atoms with E-state index in [0.717, 1.165) is 6.07 Å². The number of aliphatic hydroxyl groups is 1. The van der Waals surface area contributed by atoms with E-state index < -0.39 is 24.9 Å². The predicted octanol–water partition coefficient (Wildman–Crippen LogP) is 2.58. The highest BCUT2D eigenvalue weighted by Gasteiger charge is 2.46. The summed E-state index contributed by atoms with van der Waals surface area (Å²) in [4.78, 5) is 0. The van der Waals surface area contributed by atoms with Crippen LogP contribution in [0.15, 0.2) is 24.3 Å². The van der Waals surface area contributed by atoms with Gasteiger partial charge in [-0.3, -0.25) is 0 Å². The molecule has 1 aromatic carbocycles. The van der Waals surface area contributed by atoms with E-state index in [9.17, 15) is 17.9 Å². The minimum absolute atomic E-state index is 0.170. The highest BCUT2D eigenvalue weighted by molar-refractivity contribution is 9.12. The summed E-state index contributed by atoms with van der Waals surface area (Å²) in [6.07, 6.45) is -1.70. The monoisotopic (exact) mass is 344 g/mol. The Bertz CT molecular complexity index is 504. The maximum absolute atomic E-state index is 13.4. The van der Waals surface area contributed by atoms with Gasteiger partial charge in [0.1, 0.15) is 11.9 Å². The van der Waals surface area contributed by atoms with Gasteiger partial charge in [-0.25, -0.2) is 12.8 Å². The van der Waals surface area contributed by atoms with Crippen molar-refractivity contribution in [3.63, 3.8) is 0 Å². The van der Waals surface area contributed by atoms with E-state index >= 15 is 0 Å². The molecule has 3 nitrogen and oxygen atoms in total. The fourth-order valence-corrected chi connectivity index (χ4v) is 3.47. The highest BCUT2D eigenvalue weighted by Crippen LogP contribution is 2.43. The molecule has 0 amide bonds. The number of halogens is 3. The van der Waals surface area contributed by atoms with Crippen LogP contribution in [-0.2, 0) is 9.84 Å². The molecule has 0 fully saturated rings. The van der Waals surface area contributed by atoms with Crippen LogP contribution in [0.25, 0.3) is 0 Å². The summed E-state index contributed by atoms with van der Waals surface area (Å²) in [7, 11) is -3.80. The third kappa shape index (κ3) is 2.81. The van der Waals surface area contributed by atoms with Crippen LogP contribution >= 0.6 is 27.5 Å². The van der Waals surface area contributed by atoms with Crippen molar-refractivity contribution in [1.82, 2.24) is 0 Å². The molecule has 0 spiro atoms. The van der Waals surface area contributed by atoms with Crippen LogP contribution in [0.2, 0.25) is 0 Å². The second kappa shape index (κ2) is 5.22. The molecule has 0 saturated carbocycles. The maximum Gasteiger partial charge on any atom is 0.229 e. The van der Waals surface area contributed by atoms with Crippen LogP contribution in [0.5, 0.6) is 0 Å². The highest BCUT2D eigenvalue weighted by atomic mass is 79.9. The molecule has 0 aliphatic rings. The molecule has 0 aliphatic heterocycles. The van der Waals surface area contributed by atoms with E-state index in [4.69, 9.17) is 11.6 Å². The maximum atomic E-state index is 13.4. The van der Waals surface area contributed by atoms with Gasteiger partial charge in [-0.1, -0.05) is 36.7 Å². The van der Waals surface area contributed by atoms with Gasteiger partial charge in [-0.2, -0.15) is 0 Å². The fourth-order valence-electron chi connectivity index (χ4n) is 1.24. The standard InChI is InChI=1S/C10H11BrClFO3S/c1-2-17(15,16)10(11,12)9(14)7-5-3-4-6-8(7)13/h3-6,9,14H,2H2,1H3/t9-,10-/m1/s1. The molecule has 1 aromatic rings. The average molecular weight is 346 g/mol. The van der Waals surface area contributed by atoms with E-state index in [1.165, 1.54) is 25.1 Å². The van der Waals surface area contributed by atoms with Crippen molar-refractivity contribution in [2.45, 2.75) is 16.1 Å². The van der Waals surface area contributed by atoms with E-state index in [1.807, 2.05) is 0 Å². The number of alkyl halides is 2. The Morgan fingerprint density at radius 2 is 2.06 bits per heavy atom. The molecular formula is C10H11BrClFO3S. The Morgan fingerprint density at radius 1 is 1.53 bits per heavy atom. The van der Waals surface area contributed by atoms with Crippen molar-refractivity contribution in [2.75, 3.05) is 5.75 Å². The first-order chi connectivity index (χ1) is 7.74. The van der Waals surface area contributed by atoms with Crippen molar-refractivity contribution in [3.8, 4) is 0 Å². The molecule has 1 rings (SSSR count). The smallest absolute Gasteiger partial charge is 0.229 e. The van der Waals surface area contributed by atoms with Gasteiger partial charge in [-0.15, -0.1) is 0 Å².